The van der Waals surface area contributed by atoms with E-state index in [4.69, 9.17) is 5.73 Å². The third-order valence-corrected chi connectivity index (χ3v) is 3.34. The topological polar surface area (TPSA) is 47.1 Å². The highest BCUT2D eigenvalue weighted by Gasteiger charge is 2.27. The van der Waals surface area contributed by atoms with Crippen LogP contribution in [0, 0.1) is 0 Å². The number of nitrogens with zero attached hydrogens (tertiary/aromatic N) is 3. The van der Waals surface area contributed by atoms with E-state index >= 15 is 0 Å². The molecule has 0 saturated carbocycles. The Morgan fingerprint density at radius 3 is 2.93 bits per heavy atom. The second-order valence-electron chi connectivity index (χ2n) is 4.37. The van der Waals surface area contributed by atoms with Crippen molar-refractivity contribution in [3.63, 3.8) is 0 Å². The smallest absolute Gasteiger partial charge is 0.0534 e. The molecule has 0 spiro atoms. The molecule has 0 amide bonds. The molecule has 0 radical (unpaired) electrons. The van der Waals surface area contributed by atoms with Crippen LogP contribution in [0.3, 0.4) is 0 Å². The van der Waals surface area contributed by atoms with Crippen LogP contribution in [0.1, 0.15) is 25.8 Å². The van der Waals surface area contributed by atoms with Gasteiger partial charge in [-0.1, -0.05) is 0 Å². The van der Waals surface area contributed by atoms with Crippen molar-refractivity contribution in [1.29, 1.82) is 0 Å². The van der Waals surface area contributed by atoms with Crippen LogP contribution in [0.2, 0.25) is 0 Å². The van der Waals surface area contributed by atoms with Crippen LogP contribution in [0.5, 0.6) is 0 Å². The molecule has 2 atom stereocenters. The van der Waals surface area contributed by atoms with Crippen molar-refractivity contribution >= 4 is 0 Å². The maximum atomic E-state index is 5.99. The van der Waals surface area contributed by atoms with E-state index in [0.717, 1.165) is 26.1 Å². The average Bonchev–Trinajstić information content (AvgIpc) is 2.80. The summed E-state index contributed by atoms with van der Waals surface area (Å²) in [5.74, 6) is 0. The van der Waals surface area contributed by atoms with E-state index in [1.807, 2.05) is 10.9 Å². The molecule has 15 heavy (non-hydrogen) atoms. The molecule has 2 N–H and O–H groups in total. The first-order valence-electron chi connectivity index (χ1n) is 5.71. The maximum Gasteiger partial charge on any atom is 0.0534 e. The Bertz CT molecular complexity index is 320. The minimum Gasteiger partial charge on any atom is -0.326 e. The Balaban J connectivity index is 1.97. The van der Waals surface area contributed by atoms with Crippen molar-refractivity contribution in [3.05, 3.63) is 18.0 Å². The lowest BCUT2D eigenvalue weighted by Gasteiger charge is -2.21. The quantitative estimate of drug-likeness (QED) is 0.800. The van der Waals surface area contributed by atoms with E-state index in [-0.39, 0.29) is 0 Å². The maximum absolute atomic E-state index is 5.99. The normalized spacial score (nSPS) is 27.4. The number of likely N-dealkylation sites (tertiary alicyclic amines) is 1. The van der Waals surface area contributed by atoms with Crippen LogP contribution in [0.4, 0.5) is 0 Å². The lowest BCUT2D eigenvalue weighted by molar-refractivity contribution is 0.251. The number of aromatic nitrogens is 2. The fraction of sp³-hybridized carbons (Fsp3) is 0.727. The zero-order chi connectivity index (χ0) is 10.8. The van der Waals surface area contributed by atoms with E-state index in [0.29, 0.717) is 12.1 Å². The second kappa shape index (κ2) is 4.33. The Hall–Kier alpha value is -0.870. The molecule has 1 aliphatic rings. The molecule has 0 aromatic carbocycles. The Kier molecular flexibility index (Phi) is 3.07. The van der Waals surface area contributed by atoms with Crippen LogP contribution in [-0.4, -0.2) is 33.3 Å². The largest absolute Gasteiger partial charge is 0.326 e. The highest BCUT2D eigenvalue weighted by atomic mass is 15.3. The summed E-state index contributed by atoms with van der Waals surface area (Å²) in [6, 6.07) is 0.834. The van der Waals surface area contributed by atoms with Gasteiger partial charge in [-0.2, -0.15) is 5.10 Å². The molecule has 84 valence electrons. The number of hydrogen-bond donors (Lipinski definition) is 1. The molecule has 2 heterocycles. The summed E-state index contributed by atoms with van der Waals surface area (Å²) >= 11 is 0. The third kappa shape index (κ3) is 2.21. The van der Waals surface area contributed by atoms with E-state index in [1.165, 1.54) is 5.56 Å². The number of rotatable bonds is 3. The molecule has 4 heteroatoms. The van der Waals surface area contributed by atoms with Crippen LogP contribution in [0.15, 0.2) is 12.4 Å². The summed E-state index contributed by atoms with van der Waals surface area (Å²) in [6.07, 6.45) is 5.19. The molecule has 2 unspecified atom stereocenters. The summed E-state index contributed by atoms with van der Waals surface area (Å²) in [5.41, 5.74) is 7.28. The zero-order valence-electron chi connectivity index (χ0n) is 9.56. The fourth-order valence-corrected chi connectivity index (χ4v) is 2.15. The van der Waals surface area contributed by atoms with Crippen molar-refractivity contribution < 1.29 is 0 Å². The lowest BCUT2D eigenvalue weighted by atomic mass is 10.1. The van der Waals surface area contributed by atoms with Crippen LogP contribution >= 0.6 is 0 Å². The number of hydrogen-bond acceptors (Lipinski definition) is 3. The standard InChI is InChI=1S/C11H20N4/c1-3-15-8-10(6-13-15)7-14-5-4-11(12)9(14)2/h6,8-9,11H,3-5,7,12H2,1-2H3. The molecule has 1 saturated heterocycles. The minimum atomic E-state index is 0.339. The summed E-state index contributed by atoms with van der Waals surface area (Å²) in [7, 11) is 0. The highest BCUT2D eigenvalue weighted by molar-refractivity contribution is 5.05. The number of nitrogens with two attached hydrogens (primary N) is 1. The zero-order valence-corrected chi connectivity index (χ0v) is 9.56. The molecule has 1 aromatic heterocycles. The summed E-state index contributed by atoms with van der Waals surface area (Å²) in [5, 5.41) is 4.28. The molecule has 1 aliphatic heterocycles. The van der Waals surface area contributed by atoms with Gasteiger partial charge in [0, 0.05) is 43.5 Å². The molecule has 1 aromatic rings. The van der Waals surface area contributed by atoms with Gasteiger partial charge >= 0.3 is 0 Å². The van der Waals surface area contributed by atoms with Crippen molar-refractivity contribution in [2.75, 3.05) is 6.54 Å². The van der Waals surface area contributed by atoms with E-state index in [2.05, 4.69) is 30.0 Å². The van der Waals surface area contributed by atoms with Gasteiger partial charge in [0.05, 0.1) is 6.20 Å². The van der Waals surface area contributed by atoms with Crippen molar-refractivity contribution in [1.82, 2.24) is 14.7 Å². The first-order chi connectivity index (χ1) is 7.20. The summed E-state index contributed by atoms with van der Waals surface area (Å²) in [6.45, 7) is 7.34. The molecular weight excluding hydrogens is 188 g/mol. The SMILES string of the molecule is CCn1cc(CN2CCC(N)C2C)cn1. The highest BCUT2D eigenvalue weighted by Crippen LogP contribution is 2.18. The van der Waals surface area contributed by atoms with Gasteiger partial charge < -0.3 is 5.73 Å². The predicted molar refractivity (Wildman–Crippen MR) is 60.4 cm³/mol. The van der Waals surface area contributed by atoms with Gasteiger partial charge in [0.1, 0.15) is 0 Å². The van der Waals surface area contributed by atoms with Crippen LogP contribution in [-0.2, 0) is 13.1 Å². The van der Waals surface area contributed by atoms with Gasteiger partial charge in [-0.05, 0) is 20.3 Å². The predicted octanol–water partition coefficient (Wildman–Crippen LogP) is 0.824. The van der Waals surface area contributed by atoms with E-state index in [1.54, 1.807) is 0 Å². The monoisotopic (exact) mass is 208 g/mol. The minimum absolute atomic E-state index is 0.339. The molecular formula is C11H20N4. The molecule has 0 aliphatic carbocycles. The lowest BCUT2D eigenvalue weighted by Crippen LogP contribution is -2.36. The van der Waals surface area contributed by atoms with Crippen molar-refractivity contribution in [2.24, 2.45) is 5.73 Å². The van der Waals surface area contributed by atoms with Crippen molar-refractivity contribution in [2.45, 2.75) is 45.4 Å². The second-order valence-corrected chi connectivity index (χ2v) is 4.37. The van der Waals surface area contributed by atoms with Crippen LogP contribution in [0.25, 0.3) is 0 Å². The molecule has 0 bridgehead atoms. The first-order valence-corrected chi connectivity index (χ1v) is 5.71. The molecule has 1 fully saturated rings. The Morgan fingerprint density at radius 1 is 1.60 bits per heavy atom. The molecule has 2 rings (SSSR count). The molecule has 4 nitrogen and oxygen atoms in total. The average molecular weight is 208 g/mol. The van der Waals surface area contributed by atoms with Gasteiger partial charge in [-0.3, -0.25) is 9.58 Å². The van der Waals surface area contributed by atoms with Gasteiger partial charge in [-0.15, -0.1) is 0 Å². The van der Waals surface area contributed by atoms with Crippen molar-refractivity contribution in [3.8, 4) is 0 Å². The van der Waals surface area contributed by atoms with E-state index in [9.17, 15) is 0 Å². The van der Waals surface area contributed by atoms with Gasteiger partial charge in [-0.25, -0.2) is 0 Å². The fourth-order valence-electron chi connectivity index (χ4n) is 2.15. The summed E-state index contributed by atoms with van der Waals surface area (Å²) in [4.78, 5) is 2.43. The van der Waals surface area contributed by atoms with Crippen LogP contribution < -0.4 is 5.73 Å². The van der Waals surface area contributed by atoms with E-state index < -0.39 is 0 Å². The summed E-state index contributed by atoms with van der Waals surface area (Å²) < 4.78 is 1.97. The first kappa shape index (κ1) is 10.6. The van der Waals surface area contributed by atoms with Gasteiger partial charge in [0.2, 0.25) is 0 Å². The Morgan fingerprint density at radius 2 is 2.40 bits per heavy atom. The Labute approximate surface area is 91.1 Å². The third-order valence-electron chi connectivity index (χ3n) is 3.34. The number of aryl methyl sites for hydroxylation is 1. The van der Waals surface area contributed by atoms with Gasteiger partial charge in [0.15, 0.2) is 0 Å². The van der Waals surface area contributed by atoms with Gasteiger partial charge in [0.25, 0.3) is 0 Å².